The van der Waals surface area contributed by atoms with Crippen LogP contribution in [0.3, 0.4) is 0 Å². The van der Waals surface area contributed by atoms with E-state index in [1.165, 1.54) is 19.0 Å². The average Bonchev–Trinajstić information content (AvgIpc) is 3.40. The van der Waals surface area contributed by atoms with Gasteiger partial charge in [0.2, 0.25) is 5.95 Å². The fourth-order valence-corrected chi connectivity index (χ4v) is 3.87. The lowest BCUT2D eigenvalue weighted by atomic mass is 10.0. The second-order valence-electron chi connectivity index (χ2n) is 7.54. The highest BCUT2D eigenvalue weighted by molar-refractivity contribution is 6.32. The number of aliphatic hydroxyl groups excluding tert-OH is 1. The number of aryl methyl sites for hydroxylation is 1. The van der Waals surface area contributed by atoms with Gasteiger partial charge in [0.15, 0.2) is 5.82 Å². The summed E-state index contributed by atoms with van der Waals surface area (Å²) in [5, 5.41) is 25.3. The van der Waals surface area contributed by atoms with Crippen molar-refractivity contribution in [1.29, 1.82) is 0 Å². The predicted molar refractivity (Wildman–Crippen MR) is 118 cm³/mol. The first-order valence-electron chi connectivity index (χ1n) is 10.1. The molecule has 0 spiro atoms. The fraction of sp³-hybridized carbons (Fsp3) is 0.381. The maximum absolute atomic E-state index is 11.0. The lowest BCUT2D eigenvalue weighted by molar-refractivity contribution is 0.102. The predicted octanol–water partition coefficient (Wildman–Crippen LogP) is 3.61. The topological polar surface area (TPSA) is 99.9 Å². The van der Waals surface area contributed by atoms with Gasteiger partial charge in [-0.3, -0.25) is 10.00 Å². The molecule has 0 aliphatic heterocycles. The Bertz CT molecular complexity index is 959. The molecule has 0 bridgehead atoms. The zero-order valence-corrected chi connectivity index (χ0v) is 17.5. The van der Waals surface area contributed by atoms with Crippen LogP contribution in [0.2, 0.25) is 5.02 Å². The molecule has 8 nitrogen and oxygen atoms in total. The van der Waals surface area contributed by atoms with Gasteiger partial charge in [0.1, 0.15) is 11.3 Å². The van der Waals surface area contributed by atoms with Gasteiger partial charge >= 0.3 is 0 Å². The number of halogens is 1. The van der Waals surface area contributed by atoms with Crippen molar-refractivity contribution < 1.29 is 5.11 Å². The van der Waals surface area contributed by atoms with Crippen LogP contribution in [0, 0.1) is 0 Å². The number of hydrogen-bond donors (Lipinski definition) is 4. The van der Waals surface area contributed by atoms with Crippen LogP contribution in [0.5, 0.6) is 0 Å². The first-order chi connectivity index (χ1) is 14.6. The van der Waals surface area contributed by atoms with E-state index in [4.69, 9.17) is 11.6 Å². The third kappa shape index (κ3) is 5.08. The Morgan fingerprint density at radius 1 is 1.17 bits per heavy atom. The molecule has 3 aromatic rings. The van der Waals surface area contributed by atoms with Crippen molar-refractivity contribution in [3.05, 3.63) is 59.5 Å². The summed E-state index contributed by atoms with van der Waals surface area (Å²) >= 11 is 6.38. The van der Waals surface area contributed by atoms with E-state index in [-0.39, 0.29) is 0 Å². The quantitative estimate of drug-likeness (QED) is 0.407. The first kappa shape index (κ1) is 20.6. The number of nitrogens with zero attached hydrogens (tertiary/aromatic N) is 4. The Morgan fingerprint density at radius 3 is 2.63 bits per heavy atom. The van der Waals surface area contributed by atoms with E-state index in [2.05, 4.69) is 31.0 Å². The number of aromatic nitrogens is 4. The molecule has 1 aliphatic carbocycles. The molecule has 4 N–H and O–H groups in total. The minimum absolute atomic E-state index is 0.316. The van der Waals surface area contributed by atoms with Gasteiger partial charge in [-0.05, 0) is 18.4 Å². The number of benzene rings is 1. The molecule has 9 heteroatoms. The molecule has 1 aliphatic rings. The molecule has 1 aromatic carbocycles. The minimum atomic E-state index is -0.795. The Morgan fingerprint density at radius 2 is 1.93 bits per heavy atom. The molecule has 0 radical (unpaired) electrons. The Balaban J connectivity index is 1.56. The molecule has 1 saturated carbocycles. The molecule has 1 fully saturated rings. The molecular formula is C21H26ClN7O. The van der Waals surface area contributed by atoms with Gasteiger partial charge in [-0.2, -0.15) is 10.1 Å². The summed E-state index contributed by atoms with van der Waals surface area (Å²) in [4.78, 5) is 8.76. The zero-order valence-electron chi connectivity index (χ0n) is 16.8. The van der Waals surface area contributed by atoms with Gasteiger partial charge in [0.25, 0.3) is 0 Å². The van der Waals surface area contributed by atoms with Crippen LogP contribution in [0.25, 0.3) is 0 Å². The summed E-state index contributed by atoms with van der Waals surface area (Å²) in [6, 6.07) is 9.68. The maximum Gasteiger partial charge on any atom is 0.229 e. The Kier molecular flexibility index (Phi) is 6.47. The largest absolute Gasteiger partial charge is 0.376 e. The molecule has 0 saturated heterocycles. The molecule has 0 amide bonds. The van der Waals surface area contributed by atoms with Crippen LogP contribution >= 0.6 is 11.6 Å². The highest BCUT2D eigenvalue weighted by Crippen LogP contribution is 2.28. The van der Waals surface area contributed by atoms with Crippen LogP contribution < -0.4 is 16.0 Å². The number of rotatable bonds is 8. The summed E-state index contributed by atoms with van der Waals surface area (Å²) in [6.45, 7) is 0. The van der Waals surface area contributed by atoms with E-state index in [0.29, 0.717) is 22.8 Å². The van der Waals surface area contributed by atoms with Crippen LogP contribution in [-0.2, 0) is 7.05 Å². The van der Waals surface area contributed by atoms with Gasteiger partial charge in [-0.25, -0.2) is 4.98 Å². The van der Waals surface area contributed by atoms with E-state index in [1.54, 1.807) is 10.9 Å². The summed E-state index contributed by atoms with van der Waals surface area (Å²) < 4.78 is 1.69. The third-order valence-corrected chi connectivity index (χ3v) is 5.51. The highest BCUT2D eigenvalue weighted by atomic mass is 35.5. The van der Waals surface area contributed by atoms with Crippen molar-refractivity contribution in [3.63, 3.8) is 0 Å². The highest BCUT2D eigenvalue weighted by Gasteiger charge is 2.26. The maximum atomic E-state index is 11.0. The molecule has 4 rings (SSSR count). The van der Waals surface area contributed by atoms with E-state index < -0.39 is 12.3 Å². The van der Waals surface area contributed by atoms with Gasteiger partial charge in [0.05, 0.1) is 24.1 Å². The van der Waals surface area contributed by atoms with Crippen molar-refractivity contribution in [1.82, 2.24) is 25.1 Å². The summed E-state index contributed by atoms with van der Waals surface area (Å²) in [6.07, 6.45) is 8.78. The summed E-state index contributed by atoms with van der Waals surface area (Å²) in [7, 11) is 1.84. The normalized spacial score (nSPS) is 16.4. The van der Waals surface area contributed by atoms with Gasteiger partial charge in [-0.15, -0.1) is 0 Å². The summed E-state index contributed by atoms with van der Waals surface area (Å²) in [5.74, 6) is 0.833. The van der Waals surface area contributed by atoms with E-state index in [0.717, 1.165) is 24.1 Å². The zero-order chi connectivity index (χ0) is 20.9. The van der Waals surface area contributed by atoms with Crippen molar-refractivity contribution in [2.45, 2.75) is 44.0 Å². The molecule has 2 aromatic heterocycles. The lowest BCUT2D eigenvalue weighted by Gasteiger charge is -2.28. The van der Waals surface area contributed by atoms with E-state index in [9.17, 15) is 5.11 Å². The van der Waals surface area contributed by atoms with E-state index >= 15 is 0 Å². The molecule has 158 valence electrons. The summed E-state index contributed by atoms with van der Waals surface area (Å²) in [5.41, 5.74) is 1.71. The Hall–Kier alpha value is -2.68. The number of hydrogen-bond acceptors (Lipinski definition) is 7. The third-order valence-electron chi connectivity index (χ3n) is 5.23. The smallest absolute Gasteiger partial charge is 0.229 e. The fourth-order valence-electron chi connectivity index (χ4n) is 3.73. The Labute approximate surface area is 180 Å². The van der Waals surface area contributed by atoms with E-state index in [1.807, 2.05) is 43.6 Å². The first-order valence-corrected chi connectivity index (χ1v) is 10.5. The average molecular weight is 428 g/mol. The van der Waals surface area contributed by atoms with Crippen molar-refractivity contribution in [2.24, 2.45) is 7.05 Å². The van der Waals surface area contributed by atoms with Crippen molar-refractivity contribution in [2.75, 3.05) is 10.6 Å². The monoisotopic (exact) mass is 427 g/mol. The second kappa shape index (κ2) is 9.42. The lowest BCUT2D eigenvalue weighted by Crippen LogP contribution is -2.43. The van der Waals surface area contributed by atoms with Crippen LogP contribution in [0.4, 0.5) is 17.5 Å². The minimum Gasteiger partial charge on any atom is -0.376 e. The van der Waals surface area contributed by atoms with Crippen LogP contribution in [0.15, 0.2) is 48.9 Å². The molecule has 1 unspecified atom stereocenters. The number of aliphatic hydroxyl groups is 1. The SMILES string of the molecule is Cn1cc(Nc2ncc(Cl)c(N[C@@H](c3ccccc3)C(O)NC3CCCC3)n2)cn1. The second-order valence-corrected chi connectivity index (χ2v) is 7.95. The standard InChI is InChI=1S/C21H26ClN7O/c1-29-13-16(11-24-29)26-21-23-12-17(22)19(28-21)27-18(14-7-3-2-4-8-14)20(30)25-15-9-5-6-10-15/h2-4,7-8,11-13,15,18,20,25,30H,5-6,9-10H2,1H3,(H2,23,26,27,28)/t18-,20?/m0/s1. The van der Waals surface area contributed by atoms with Gasteiger partial charge in [-0.1, -0.05) is 54.8 Å². The number of anilines is 3. The van der Waals surface area contributed by atoms with Crippen molar-refractivity contribution >= 4 is 29.1 Å². The van der Waals surface area contributed by atoms with Gasteiger partial charge in [0, 0.05) is 19.3 Å². The molecule has 2 heterocycles. The number of nitrogens with one attached hydrogen (secondary N) is 3. The van der Waals surface area contributed by atoms with Crippen LogP contribution in [-0.4, -0.2) is 37.1 Å². The molecule has 2 atom stereocenters. The molecular weight excluding hydrogens is 402 g/mol. The van der Waals surface area contributed by atoms with Gasteiger partial charge < -0.3 is 15.7 Å². The van der Waals surface area contributed by atoms with Crippen LogP contribution in [0.1, 0.15) is 37.3 Å². The van der Waals surface area contributed by atoms with Crippen molar-refractivity contribution in [3.8, 4) is 0 Å². The molecule has 30 heavy (non-hydrogen) atoms.